The second kappa shape index (κ2) is 8.05. The van der Waals surface area contributed by atoms with Gasteiger partial charge in [0.05, 0.1) is 28.6 Å². The molecule has 2 heterocycles. The number of aliphatic hydroxyl groups is 1. The monoisotopic (exact) mass is 436 g/mol. The molecule has 0 radical (unpaired) electrons. The van der Waals surface area contributed by atoms with E-state index < -0.39 is 17.4 Å². The van der Waals surface area contributed by atoms with Crippen molar-refractivity contribution in [2.24, 2.45) is 0 Å². The number of fused-ring (bicyclic) bond motifs is 1. The summed E-state index contributed by atoms with van der Waals surface area (Å²) in [6.45, 7) is 2.82. The number of aromatic nitrogens is 2. The second-order valence-electron chi connectivity index (χ2n) is 6.31. The number of carbonyl (C=O) groups is 2. The first-order chi connectivity index (χ1) is 13.6. The summed E-state index contributed by atoms with van der Waals surface area (Å²) in [4.78, 5) is 32.6. The minimum absolute atomic E-state index is 0.0443. The molecule has 0 aliphatic rings. The van der Waals surface area contributed by atoms with Crippen molar-refractivity contribution >= 4 is 45.8 Å². The number of carboxylic acid groups (broad SMARTS) is 1. The molecule has 0 fully saturated rings. The van der Waals surface area contributed by atoms with Gasteiger partial charge in [-0.2, -0.15) is 0 Å². The van der Waals surface area contributed by atoms with Crippen molar-refractivity contribution in [1.29, 1.82) is 0 Å². The molecular formula is C19H17FN2O5S2. The van der Waals surface area contributed by atoms with Crippen molar-refractivity contribution in [2.75, 3.05) is 12.9 Å². The van der Waals surface area contributed by atoms with Gasteiger partial charge in [0.2, 0.25) is 0 Å². The lowest BCUT2D eigenvalue weighted by Gasteiger charge is -2.15. The molecule has 3 rings (SSSR count). The van der Waals surface area contributed by atoms with Crippen molar-refractivity contribution in [1.82, 2.24) is 9.97 Å². The van der Waals surface area contributed by atoms with Gasteiger partial charge in [-0.1, -0.05) is 11.8 Å². The van der Waals surface area contributed by atoms with Gasteiger partial charge in [-0.3, -0.25) is 4.79 Å². The number of nitrogens with zero attached hydrogens (tertiary/aromatic N) is 2. The molecule has 152 valence electrons. The fourth-order valence-electron chi connectivity index (χ4n) is 2.57. The van der Waals surface area contributed by atoms with Crippen LogP contribution in [0.5, 0.6) is 5.75 Å². The van der Waals surface area contributed by atoms with Crippen LogP contribution >= 0.6 is 23.1 Å². The maximum Gasteiger partial charge on any atom is 0.340 e. The number of carboxylic acids is 1. The van der Waals surface area contributed by atoms with E-state index in [1.54, 1.807) is 13.0 Å². The molecule has 0 spiro atoms. The van der Waals surface area contributed by atoms with Crippen LogP contribution in [0.25, 0.3) is 10.9 Å². The first-order valence-electron chi connectivity index (χ1n) is 8.38. The molecule has 7 nitrogen and oxygen atoms in total. The fraction of sp³-hybridized carbons (Fsp3) is 0.263. The van der Waals surface area contributed by atoms with Gasteiger partial charge in [0.25, 0.3) is 0 Å². The highest BCUT2D eigenvalue weighted by molar-refractivity contribution is 8.00. The molecule has 2 N–H and O–H groups in total. The number of rotatable bonds is 7. The van der Waals surface area contributed by atoms with Crippen molar-refractivity contribution in [3.8, 4) is 5.75 Å². The molecule has 0 aliphatic carbocycles. The summed E-state index contributed by atoms with van der Waals surface area (Å²) < 4.78 is 19.7. The smallest absolute Gasteiger partial charge is 0.340 e. The highest BCUT2D eigenvalue weighted by Crippen LogP contribution is 2.34. The van der Waals surface area contributed by atoms with E-state index >= 15 is 0 Å². The summed E-state index contributed by atoms with van der Waals surface area (Å²) in [6.07, 6.45) is 0. The normalized spacial score (nSPS) is 13.3. The number of halogens is 1. The van der Waals surface area contributed by atoms with Crippen LogP contribution in [-0.2, 0) is 10.4 Å². The highest BCUT2D eigenvalue weighted by Gasteiger charge is 2.34. The van der Waals surface area contributed by atoms with Gasteiger partial charge in [0.15, 0.2) is 23.0 Å². The molecule has 0 saturated carbocycles. The summed E-state index contributed by atoms with van der Waals surface area (Å²) in [5, 5.41) is 19.6. The molecule has 0 amide bonds. The molecule has 1 aromatic carbocycles. The summed E-state index contributed by atoms with van der Waals surface area (Å²) in [6, 6.07) is 5.97. The molecule has 1 atom stereocenters. The Balaban J connectivity index is 1.87. The van der Waals surface area contributed by atoms with Crippen molar-refractivity contribution in [3.63, 3.8) is 0 Å². The Labute approximate surface area is 173 Å². The van der Waals surface area contributed by atoms with Gasteiger partial charge >= 0.3 is 5.97 Å². The minimum atomic E-state index is -2.07. The second-order valence-corrected chi connectivity index (χ2v) is 8.35. The zero-order chi connectivity index (χ0) is 21.3. The third kappa shape index (κ3) is 4.09. The molecule has 3 aromatic rings. The Kier molecular flexibility index (Phi) is 5.87. The Morgan fingerprint density at radius 3 is 2.66 bits per heavy atom. The van der Waals surface area contributed by atoms with Crippen LogP contribution < -0.4 is 4.74 Å². The molecule has 0 bridgehead atoms. The third-order valence-electron chi connectivity index (χ3n) is 4.18. The van der Waals surface area contributed by atoms with E-state index in [4.69, 9.17) is 9.84 Å². The van der Waals surface area contributed by atoms with Crippen LogP contribution in [0.15, 0.2) is 29.3 Å². The lowest BCUT2D eigenvalue weighted by atomic mass is 10.1. The molecule has 2 aromatic heterocycles. The number of aliphatic carboxylic acids is 1. The standard InChI is InChI=1S/C19H17FN2O5S2/c1-9-21-10-4-5-12(27-3)16(20)15(10)17(22-9)28-8-11(23)13-6-7-14(29-13)19(2,26)18(24)25/h4-7,26H,8H2,1-3H3,(H,24,25)/t19-/m1/s1. The quantitative estimate of drug-likeness (QED) is 0.329. The number of hydrogen-bond acceptors (Lipinski definition) is 8. The number of ketones is 1. The predicted octanol–water partition coefficient (Wildman–Crippen LogP) is 3.41. The third-order valence-corrected chi connectivity index (χ3v) is 6.49. The number of aryl methyl sites for hydroxylation is 1. The van der Waals surface area contributed by atoms with E-state index in [0.717, 1.165) is 30.0 Å². The van der Waals surface area contributed by atoms with Gasteiger partial charge in [-0.15, -0.1) is 11.3 Å². The van der Waals surface area contributed by atoms with E-state index in [-0.39, 0.29) is 27.5 Å². The highest BCUT2D eigenvalue weighted by atomic mass is 32.2. The molecule has 29 heavy (non-hydrogen) atoms. The molecule has 0 saturated heterocycles. The fourth-order valence-corrected chi connectivity index (χ4v) is 4.60. The zero-order valence-electron chi connectivity index (χ0n) is 15.7. The van der Waals surface area contributed by atoms with Gasteiger partial charge in [0.1, 0.15) is 10.9 Å². The number of ether oxygens (including phenoxy) is 1. The molecule has 0 aliphatic heterocycles. The largest absolute Gasteiger partial charge is 0.494 e. The van der Waals surface area contributed by atoms with Crippen molar-refractivity contribution < 1.29 is 28.9 Å². The van der Waals surface area contributed by atoms with E-state index in [1.807, 2.05) is 0 Å². The zero-order valence-corrected chi connectivity index (χ0v) is 17.4. The number of carbonyl (C=O) groups excluding carboxylic acids is 1. The summed E-state index contributed by atoms with van der Waals surface area (Å²) >= 11 is 1.96. The van der Waals surface area contributed by atoms with Crippen LogP contribution in [0.1, 0.15) is 27.3 Å². The average molecular weight is 436 g/mol. The summed E-state index contributed by atoms with van der Waals surface area (Å²) in [5.74, 6) is -1.85. The Morgan fingerprint density at radius 2 is 2.00 bits per heavy atom. The van der Waals surface area contributed by atoms with Crippen LogP contribution in [0.4, 0.5) is 4.39 Å². The Bertz CT molecular complexity index is 1110. The molecule has 10 heteroatoms. The number of Topliss-reactive ketones (excluding diaryl/α,β-unsaturated/α-hetero) is 1. The number of benzene rings is 1. The minimum Gasteiger partial charge on any atom is -0.494 e. The van der Waals surface area contributed by atoms with Gasteiger partial charge in [-0.05, 0) is 38.1 Å². The van der Waals surface area contributed by atoms with Crippen LogP contribution in [-0.4, -0.2) is 44.8 Å². The topological polar surface area (TPSA) is 110 Å². The number of thioether (sulfide) groups is 1. The van der Waals surface area contributed by atoms with Crippen LogP contribution in [0.3, 0.4) is 0 Å². The van der Waals surface area contributed by atoms with E-state index in [1.165, 1.54) is 25.3 Å². The van der Waals surface area contributed by atoms with Gasteiger partial charge in [-0.25, -0.2) is 19.2 Å². The van der Waals surface area contributed by atoms with Crippen molar-refractivity contribution in [3.05, 3.63) is 45.7 Å². The number of methoxy groups -OCH3 is 1. The lowest BCUT2D eigenvalue weighted by molar-refractivity contribution is -0.157. The van der Waals surface area contributed by atoms with E-state index in [0.29, 0.717) is 21.2 Å². The van der Waals surface area contributed by atoms with Crippen LogP contribution in [0, 0.1) is 12.7 Å². The molecular weight excluding hydrogens is 419 g/mol. The summed E-state index contributed by atoms with van der Waals surface area (Å²) in [7, 11) is 1.36. The van der Waals surface area contributed by atoms with E-state index in [2.05, 4.69) is 9.97 Å². The predicted molar refractivity (Wildman–Crippen MR) is 107 cm³/mol. The van der Waals surface area contributed by atoms with E-state index in [9.17, 15) is 19.1 Å². The first-order valence-corrected chi connectivity index (χ1v) is 10.2. The molecule has 0 unspecified atom stereocenters. The average Bonchev–Trinajstić information content (AvgIpc) is 3.17. The SMILES string of the molecule is COc1ccc2nc(C)nc(SCC(=O)c3ccc([C@@](C)(O)C(=O)O)s3)c2c1F. The first kappa shape index (κ1) is 21.2. The van der Waals surface area contributed by atoms with Crippen molar-refractivity contribution in [2.45, 2.75) is 24.5 Å². The Morgan fingerprint density at radius 1 is 1.28 bits per heavy atom. The van der Waals surface area contributed by atoms with Gasteiger partial charge < -0.3 is 14.9 Å². The lowest BCUT2D eigenvalue weighted by Crippen LogP contribution is -2.30. The number of thiophene rings is 1. The maximum absolute atomic E-state index is 14.7. The maximum atomic E-state index is 14.7. The van der Waals surface area contributed by atoms with Gasteiger partial charge in [0, 0.05) is 4.88 Å². The van der Waals surface area contributed by atoms with Crippen LogP contribution in [0.2, 0.25) is 0 Å². The number of hydrogen-bond donors (Lipinski definition) is 2. The summed E-state index contributed by atoms with van der Waals surface area (Å²) in [5.41, 5.74) is -1.67. The Hall–Kier alpha value is -2.56.